The number of nitrogens with zero attached hydrogens (tertiary/aromatic N) is 3. The van der Waals surface area contributed by atoms with Crippen molar-refractivity contribution < 1.29 is 4.79 Å². The number of hydrogen-bond donors (Lipinski definition) is 1. The van der Waals surface area contributed by atoms with E-state index in [2.05, 4.69) is 15.4 Å². The van der Waals surface area contributed by atoms with Gasteiger partial charge in [0.25, 0.3) is 5.91 Å². The molecule has 0 aliphatic rings. The van der Waals surface area contributed by atoms with Gasteiger partial charge < -0.3 is 4.90 Å². The molecular weight excluding hydrogens is 180 g/mol. The molecule has 0 saturated heterocycles. The quantitative estimate of drug-likeness (QED) is 0.786. The van der Waals surface area contributed by atoms with Crippen molar-refractivity contribution >= 4 is 5.91 Å². The van der Waals surface area contributed by atoms with Crippen LogP contribution >= 0.6 is 0 Å². The van der Waals surface area contributed by atoms with Gasteiger partial charge in [-0.05, 0) is 20.3 Å². The SMILES string of the molecule is CCC(C)(C)N(C)C(=O)c1cn[nH]n1. The second-order valence-electron chi connectivity index (χ2n) is 3.89. The van der Waals surface area contributed by atoms with Crippen molar-refractivity contribution in [1.29, 1.82) is 0 Å². The van der Waals surface area contributed by atoms with E-state index in [1.165, 1.54) is 6.20 Å². The number of rotatable bonds is 3. The molecule has 78 valence electrons. The van der Waals surface area contributed by atoms with Crippen molar-refractivity contribution in [2.75, 3.05) is 7.05 Å². The molecule has 1 aromatic rings. The molecule has 1 N–H and O–H groups in total. The van der Waals surface area contributed by atoms with Crippen molar-refractivity contribution in [2.45, 2.75) is 32.7 Å². The molecular formula is C9H16N4O. The van der Waals surface area contributed by atoms with Gasteiger partial charge in [-0.25, -0.2) is 0 Å². The molecule has 5 heteroatoms. The van der Waals surface area contributed by atoms with E-state index in [1.54, 1.807) is 11.9 Å². The Morgan fingerprint density at radius 1 is 1.64 bits per heavy atom. The summed E-state index contributed by atoms with van der Waals surface area (Å²) in [5.74, 6) is -0.106. The highest BCUT2D eigenvalue weighted by Crippen LogP contribution is 2.17. The Morgan fingerprint density at radius 2 is 2.29 bits per heavy atom. The fourth-order valence-corrected chi connectivity index (χ4v) is 0.989. The monoisotopic (exact) mass is 196 g/mol. The Labute approximate surface area is 83.5 Å². The van der Waals surface area contributed by atoms with Gasteiger partial charge in [0.1, 0.15) is 0 Å². The number of hydrogen-bond acceptors (Lipinski definition) is 3. The van der Waals surface area contributed by atoms with Crippen LogP contribution in [-0.4, -0.2) is 38.8 Å². The van der Waals surface area contributed by atoms with Gasteiger partial charge in [0.2, 0.25) is 0 Å². The number of amides is 1. The van der Waals surface area contributed by atoms with E-state index < -0.39 is 0 Å². The standard InChI is InChI=1S/C9H16N4O/c1-5-9(2,3)13(4)8(14)7-6-10-12-11-7/h6H,5H2,1-4H3,(H,10,11,12). The summed E-state index contributed by atoms with van der Waals surface area (Å²) in [4.78, 5) is 13.5. The van der Waals surface area contributed by atoms with Crippen LogP contribution in [0, 0.1) is 0 Å². The molecule has 0 aliphatic carbocycles. The largest absolute Gasteiger partial charge is 0.335 e. The van der Waals surface area contributed by atoms with Gasteiger partial charge in [0, 0.05) is 12.6 Å². The minimum Gasteiger partial charge on any atom is -0.335 e. The second-order valence-corrected chi connectivity index (χ2v) is 3.89. The summed E-state index contributed by atoms with van der Waals surface area (Å²) >= 11 is 0. The van der Waals surface area contributed by atoms with Crippen LogP contribution in [0.25, 0.3) is 0 Å². The number of carbonyl (C=O) groups is 1. The zero-order chi connectivity index (χ0) is 10.8. The smallest absolute Gasteiger partial charge is 0.276 e. The van der Waals surface area contributed by atoms with Crippen molar-refractivity contribution in [3.05, 3.63) is 11.9 Å². The topological polar surface area (TPSA) is 61.9 Å². The van der Waals surface area contributed by atoms with E-state index in [0.717, 1.165) is 6.42 Å². The van der Waals surface area contributed by atoms with Gasteiger partial charge in [-0.3, -0.25) is 4.79 Å². The van der Waals surface area contributed by atoms with E-state index in [-0.39, 0.29) is 11.4 Å². The van der Waals surface area contributed by atoms with E-state index in [0.29, 0.717) is 5.69 Å². The Kier molecular flexibility index (Phi) is 2.88. The van der Waals surface area contributed by atoms with Crippen molar-refractivity contribution in [3.8, 4) is 0 Å². The summed E-state index contributed by atoms with van der Waals surface area (Å²) < 4.78 is 0. The molecule has 1 amide bonds. The molecule has 14 heavy (non-hydrogen) atoms. The summed E-state index contributed by atoms with van der Waals surface area (Å²) in [6.07, 6.45) is 2.33. The number of aromatic nitrogens is 3. The van der Waals surface area contributed by atoms with Gasteiger partial charge in [-0.15, -0.1) is 0 Å². The minimum atomic E-state index is -0.157. The summed E-state index contributed by atoms with van der Waals surface area (Å²) in [6.45, 7) is 6.09. The van der Waals surface area contributed by atoms with Gasteiger partial charge >= 0.3 is 0 Å². The number of carbonyl (C=O) groups excluding carboxylic acids is 1. The Balaban J connectivity index is 2.81. The Bertz CT molecular complexity index is 305. The van der Waals surface area contributed by atoms with Crippen LogP contribution in [0.2, 0.25) is 0 Å². The van der Waals surface area contributed by atoms with Crippen LogP contribution in [0.15, 0.2) is 6.20 Å². The van der Waals surface area contributed by atoms with E-state index >= 15 is 0 Å². The molecule has 0 fully saturated rings. The third kappa shape index (κ3) is 1.92. The third-order valence-electron chi connectivity index (χ3n) is 2.71. The first kappa shape index (κ1) is 10.7. The Morgan fingerprint density at radius 3 is 2.71 bits per heavy atom. The molecule has 5 nitrogen and oxygen atoms in total. The van der Waals surface area contributed by atoms with Crippen LogP contribution in [0.5, 0.6) is 0 Å². The van der Waals surface area contributed by atoms with Crippen molar-refractivity contribution in [2.24, 2.45) is 0 Å². The molecule has 0 aliphatic heterocycles. The van der Waals surface area contributed by atoms with E-state index in [9.17, 15) is 4.79 Å². The van der Waals surface area contributed by atoms with Crippen LogP contribution in [0.3, 0.4) is 0 Å². The highest BCUT2D eigenvalue weighted by Gasteiger charge is 2.27. The van der Waals surface area contributed by atoms with E-state index in [4.69, 9.17) is 0 Å². The maximum Gasteiger partial charge on any atom is 0.276 e. The first-order valence-corrected chi connectivity index (χ1v) is 4.63. The average molecular weight is 196 g/mol. The zero-order valence-electron chi connectivity index (χ0n) is 9.03. The predicted octanol–water partition coefficient (Wildman–Crippen LogP) is 1.07. The molecule has 0 aromatic carbocycles. The number of aromatic amines is 1. The van der Waals surface area contributed by atoms with Crippen LogP contribution in [0.4, 0.5) is 0 Å². The highest BCUT2D eigenvalue weighted by molar-refractivity contribution is 5.92. The molecule has 0 spiro atoms. The third-order valence-corrected chi connectivity index (χ3v) is 2.71. The molecule has 0 saturated carbocycles. The molecule has 0 radical (unpaired) electrons. The first-order valence-electron chi connectivity index (χ1n) is 4.63. The lowest BCUT2D eigenvalue weighted by atomic mass is 10.00. The zero-order valence-corrected chi connectivity index (χ0v) is 9.03. The molecule has 1 rings (SSSR count). The maximum absolute atomic E-state index is 11.8. The van der Waals surface area contributed by atoms with E-state index in [1.807, 2.05) is 20.8 Å². The lowest BCUT2D eigenvalue weighted by molar-refractivity contribution is 0.0614. The lowest BCUT2D eigenvalue weighted by Crippen LogP contribution is -2.44. The molecule has 0 atom stereocenters. The molecule has 1 aromatic heterocycles. The van der Waals surface area contributed by atoms with Gasteiger partial charge in [-0.1, -0.05) is 6.92 Å². The Hall–Kier alpha value is -1.39. The van der Waals surface area contributed by atoms with Crippen LogP contribution in [0.1, 0.15) is 37.7 Å². The maximum atomic E-state index is 11.8. The molecule has 0 unspecified atom stereocenters. The average Bonchev–Trinajstić information content (AvgIpc) is 2.68. The predicted molar refractivity (Wildman–Crippen MR) is 52.8 cm³/mol. The lowest BCUT2D eigenvalue weighted by Gasteiger charge is -2.34. The fraction of sp³-hybridized carbons (Fsp3) is 0.667. The van der Waals surface area contributed by atoms with Crippen molar-refractivity contribution in [3.63, 3.8) is 0 Å². The highest BCUT2D eigenvalue weighted by atomic mass is 16.2. The molecule has 1 heterocycles. The summed E-state index contributed by atoms with van der Waals surface area (Å²) in [7, 11) is 1.78. The number of nitrogens with one attached hydrogen (secondary N) is 1. The minimum absolute atomic E-state index is 0.106. The summed E-state index contributed by atoms with van der Waals surface area (Å²) in [6, 6.07) is 0. The molecule has 0 bridgehead atoms. The summed E-state index contributed by atoms with van der Waals surface area (Å²) in [5.41, 5.74) is 0.199. The van der Waals surface area contributed by atoms with Gasteiger partial charge in [0.05, 0.1) is 6.20 Å². The van der Waals surface area contributed by atoms with Crippen LogP contribution in [-0.2, 0) is 0 Å². The first-order chi connectivity index (χ1) is 6.49. The summed E-state index contributed by atoms with van der Waals surface area (Å²) in [5, 5.41) is 9.80. The second kappa shape index (κ2) is 3.77. The normalized spacial score (nSPS) is 11.4. The van der Waals surface area contributed by atoms with Gasteiger partial charge in [-0.2, -0.15) is 15.4 Å². The van der Waals surface area contributed by atoms with Gasteiger partial charge in [0.15, 0.2) is 5.69 Å². The van der Waals surface area contributed by atoms with Crippen LogP contribution < -0.4 is 0 Å². The fourth-order valence-electron chi connectivity index (χ4n) is 0.989. The number of H-pyrrole nitrogens is 1. The van der Waals surface area contributed by atoms with Crippen molar-refractivity contribution in [1.82, 2.24) is 20.3 Å².